The van der Waals surface area contributed by atoms with Gasteiger partial charge in [-0.1, -0.05) is 44.2 Å². The summed E-state index contributed by atoms with van der Waals surface area (Å²) < 4.78 is 0. The highest BCUT2D eigenvalue weighted by atomic mass is 32.1. The molecule has 0 aliphatic heterocycles. The van der Waals surface area contributed by atoms with Gasteiger partial charge in [-0.3, -0.25) is 19.2 Å². The maximum Gasteiger partial charge on any atom is 0.325 e. The summed E-state index contributed by atoms with van der Waals surface area (Å²) in [5, 5.41) is 16.3. The highest BCUT2D eigenvalue weighted by Gasteiger charge is 2.30. The number of thiol groups is 1. The molecule has 1 aromatic rings. The van der Waals surface area contributed by atoms with Gasteiger partial charge in [0.15, 0.2) is 0 Å². The molecule has 9 nitrogen and oxygen atoms in total. The third-order valence-electron chi connectivity index (χ3n) is 4.43. The number of nitrogens with one attached hydrogen (secondary N) is 3. The van der Waals surface area contributed by atoms with Gasteiger partial charge in [0.05, 0.1) is 6.04 Å². The molecule has 0 saturated heterocycles. The second-order valence-electron chi connectivity index (χ2n) is 7.34. The number of carboxylic acids is 1. The summed E-state index contributed by atoms with van der Waals surface area (Å²) in [7, 11) is 0. The van der Waals surface area contributed by atoms with Crippen LogP contribution in [0.3, 0.4) is 0 Å². The van der Waals surface area contributed by atoms with Crippen LogP contribution in [0.1, 0.15) is 26.3 Å². The van der Waals surface area contributed by atoms with Crippen molar-refractivity contribution in [1.29, 1.82) is 0 Å². The summed E-state index contributed by atoms with van der Waals surface area (Å²) in [6.07, 6.45) is 0.313. The third kappa shape index (κ3) is 8.03. The van der Waals surface area contributed by atoms with Crippen LogP contribution < -0.4 is 21.7 Å². The Labute approximate surface area is 181 Å². The molecule has 0 spiro atoms. The molecular formula is C20H30N4O5S. The molecule has 10 heteroatoms. The lowest BCUT2D eigenvalue weighted by atomic mass is 10.0. The van der Waals surface area contributed by atoms with Crippen molar-refractivity contribution in [2.45, 2.75) is 51.4 Å². The Hall–Kier alpha value is -2.59. The number of nitrogens with two attached hydrogens (primary N) is 1. The molecule has 4 unspecified atom stereocenters. The van der Waals surface area contributed by atoms with Crippen molar-refractivity contribution in [3.63, 3.8) is 0 Å². The number of carbonyl (C=O) groups excluding carboxylic acids is 3. The number of amides is 3. The van der Waals surface area contributed by atoms with E-state index < -0.39 is 47.9 Å². The number of carbonyl (C=O) groups is 4. The maximum absolute atomic E-state index is 12.7. The minimum Gasteiger partial charge on any atom is -0.480 e. The van der Waals surface area contributed by atoms with Crippen molar-refractivity contribution >= 4 is 36.3 Å². The SMILES string of the molecule is CC(NC(=O)C(CS)NC(=O)C(NC(=O)C(N)Cc1ccccc1)C(C)C)C(=O)O. The highest BCUT2D eigenvalue weighted by molar-refractivity contribution is 7.80. The normalized spacial score (nSPS) is 14.9. The van der Waals surface area contributed by atoms with Gasteiger partial charge in [-0.05, 0) is 24.8 Å². The van der Waals surface area contributed by atoms with Crippen molar-refractivity contribution in [3.05, 3.63) is 35.9 Å². The highest BCUT2D eigenvalue weighted by Crippen LogP contribution is 2.06. The summed E-state index contributed by atoms with van der Waals surface area (Å²) in [5.41, 5.74) is 6.87. The Morgan fingerprint density at radius 2 is 1.57 bits per heavy atom. The predicted octanol–water partition coefficient (Wildman–Crippen LogP) is -0.299. The van der Waals surface area contributed by atoms with Gasteiger partial charge < -0.3 is 26.8 Å². The molecule has 1 rings (SSSR count). The minimum atomic E-state index is -1.20. The van der Waals surface area contributed by atoms with E-state index in [1.54, 1.807) is 13.8 Å². The van der Waals surface area contributed by atoms with E-state index in [0.717, 1.165) is 5.56 Å². The number of benzene rings is 1. The lowest BCUT2D eigenvalue weighted by molar-refractivity contribution is -0.141. The zero-order valence-corrected chi connectivity index (χ0v) is 18.2. The fourth-order valence-electron chi connectivity index (χ4n) is 2.59. The molecule has 1 aromatic carbocycles. The number of carboxylic acid groups (broad SMARTS) is 1. The fourth-order valence-corrected chi connectivity index (χ4v) is 2.84. The fraction of sp³-hybridized carbons (Fsp3) is 0.500. The summed E-state index contributed by atoms with van der Waals surface area (Å²) in [5.74, 6) is -3.27. The monoisotopic (exact) mass is 438 g/mol. The van der Waals surface area contributed by atoms with E-state index in [0.29, 0.717) is 6.42 Å². The van der Waals surface area contributed by atoms with Crippen molar-refractivity contribution in [1.82, 2.24) is 16.0 Å². The Kier molecular flexibility index (Phi) is 10.3. The molecule has 0 bridgehead atoms. The summed E-state index contributed by atoms with van der Waals surface area (Å²) in [6.45, 7) is 4.80. The van der Waals surface area contributed by atoms with Crippen molar-refractivity contribution in [2.24, 2.45) is 11.7 Å². The quantitative estimate of drug-likeness (QED) is 0.261. The van der Waals surface area contributed by atoms with Crippen LogP contribution >= 0.6 is 12.6 Å². The Morgan fingerprint density at radius 1 is 0.967 bits per heavy atom. The molecule has 166 valence electrons. The zero-order chi connectivity index (χ0) is 22.8. The van der Waals surface area contributed by atoms with Crippen LogP contribution in [-0.2, 0) is 25.6 Å². The second-order valence-corrected chi connectivity index (χ2v) is 7.70. The average molecular weight is 439 g/mol. The Morgan fingerprint density at radius 3 is 2.07 bits per heavy atom. The van der Waals surface area contributed by atoms with Gasteiger partial charge in [0.25, 0.3) is 0 Å². The lowest BCUT2D eigenvalue weighted by Gasteiger charge is -2.26. The molecule has 0 saturated carbocycles. The van der Waals surface area contributed by atoms with Crippen LogP contribution in [0.2, 0.25) is 0 Å². The number of aliphatic carboxylic acids is 1. The molecule has 6 N–H and O–H groups in total. The summed E-state index contributed by atoms with van der Waals surface area (Å²) >= 11 is 4.05. The average Bonchev–Trinajstić information content (AvgIpc) is 2.69. The number of hydrogen-bond acceptors (Lipinski definition) is 6. The number of hydrogen-bond donors (Lipinski definition) is 6. The van der Waals surface area contributed by atoms with Crippen LogP contribution in [0.5, 0.6) is 0 Å². The smallest absolute Gasteiger partial charge is 0.325 e. The van der Waals surface area contributed by atoms with Crippen LogP contribution in [-0.4, -0.2) is 58.7 Å². The van der Waals surface area contributed by atoms with Gasteiger partial charge in [-0.15, -0.1) is 0 Å². The third-order valence-corrected chi connectivity index (χ3v) is 4.79. The molecule has 30 heavy (non-hydrogen) atoms. The van der Waals surface area contributed by atoms with Crippen LogP contribution in [0.4, 0.5) is 0 Å². The van der Waals surface area contributed by atoms with E-state index >= 15 is 0 Å². The van der Waals surface area contributed by atoms with Gasteiger partial charge >= 0.3 is 5.97 Å². The maximum atomic E-state index is 12.7. The van der Waals surface area contributed by atoms with Gasteiger partial charge in [-0.25, -0.2) is 0 Å². The van der Waals surface area contributed by atoms with Crippen molar-refractivity contribution in [2.75, 3.05) is 5.75 Å². The van der Waals surface area contributed by atoms with Crippen LogP contribution in [0.25, 0.3) is 0 Å². The molecular weight excluding hydrogens is 408 g/mol. The molecule has 4 atom stereocenters. The van der Waals surface area contributed by atoms with Gasteiger partial charge in [-0.2, -0.15) is 12.6 Å². The zero-order valence-electron chi connectivity index (χ0n) is 17.3. The Balaban J connectivity index is 2.75. The molecule has 0 aliphatic rings. The summed E-state index contributed by atoms with van der Waals surface area (Å²) in [4.78, 5) is 48.3. The molecule has 0 aromatic heterocycles. The lowest BCUT2D eigenvalue weighted by Crippen LogP contribution is -2.58. The topological polar surface area (TPSA) is 151 Å². The Bertz CT molecular complexity index is 744. The summed E-state index contributed by atoms with van der Waals surface area (Å²) in [6, 6.07) is 5.32. The first-order valence-electron chi connectivity index (χ1n) is 9.61. The van der Waals surface area contributed by atoms with Gasteiger partial charge in [0.1, 0.15) is 18.1 Å². The van der Waals surface area contributed by atoms with Gasteiger partial charge in [0, 0.05) is 5.75 Å². The van der Waals surface area contributed by atoms with Crippen molar-refractivity contribution in [3.8, 4) is 0 Å². The van der Waals surface area contributed by atoms with Crippen molar-refractivity contribution < 1.29 is 24.3 Å². The van der Waals surface area contributed by atoms with E-state index in [1.165, 1.54) is 6.92 Å². The minimum absolute atomic E-state index is 0.0454. The molecule has 0 aliphatic carbocycles. The van der Waals surface area contributed by atoms with Crippen LogP contribution in [0, 0.1) is 5.92 Å². The molecule has 0 fully saturated rings. The number of rotatable bonds is 11. The standard InChI is InChI=1S/C20H30N4O5S/c1-11(2)16(24-17(25)14(21)9-13-7-5-4-6-8-13)19(27)23-15(10-30)18(26)22-12(3)20(28)29/h4-8,11-12,14-16,30H,9-10,21H2,1-3H3,(H,22,26)(H,23,27)(H,24,25)(H,28,29). The van der Waals surface area contributed by atoms with Crippen LogP contribution in [0.15, 0.2) is 30.3 Å². The largest absolute Gasteiger partial charge is 0.480 e. The van der Waals surface area contributed by atoms with E-state index in [2.05, 4.69) is 28.6 Å². The van der Waals surface area contributed by atoms with Gasteiger partial charge in [0.2, 0.25) is 17.7 Å². The molecule has 0 radical (unpaired) electrons. The first kappa shape index (κ1) is 25.4. The van der Waals surface area contributed by atoms with E-state index in [4.69, 9.17) is 10.8 Å². The van der Waals surface area contributed by atoms with E-state index in [-0.39, 0.29) is 11.7 Å². The first-order chi connectivity index (χ1) is 14.1. The molecule has 3 amide bonds. The van der Waals surface area contributed by atoms with E-state index in [9.17, 15) is 19.2 Å². The predicted molar refractivity (Wildman–Crippen MR) is 116 cm³/mol. The first-order valence-corrected chi connectivity index (χ1v) is 10.2. The second kappa shape index (κ2) is 12.2. The molecule has 0 heterocycles. The van der Waals surface area contributed by atoms with E-state index in [1.807, 2.05) is 30.3 Å².